The van der Waals surface area contributed by atoms with Crippen LogP contribution in [-0.4, -0.2) is 40.1 Å². The maximum Gasteiger partial charge on any atom is 0.234 e. The predicted octanol–water partition coefficient (Wildman–Crippen LogP) is 3.38. The van der Waals surface area contributed by atoms with Crippen LogP contribution in [0.4, 0.5) is 5.69 Å². The third-order valence-corrected chi connectivity index (χ3v) is 5.65. The highest BCUT2D eigenvalue weighted by Gasteiger charge is 2.27. The van der Waals surface area contributed by atoms with Gasteiger partial charge in [0.15, 0.2) is 28.6 Å². The van der Waals surface area contributed by atoms with E-state index in [2.05, 4.69) is 15.5 Å². The van der Waals surface area contributed by atoms with Crippen LogP contribution in [-0.2, 0) is 11.8 Å². The molecule has 2 heterocycles. The molecule has 9 heteroatoms. The van der Waals surface area contributed by atoms with Crippen molar-refractivity contribution in [3.8, 4) is 17.2 Å². The Hall–Kier alpha value is -3.20. The van der Waals surface area contributed by atoms with E-state index >= 15 is 0 Å². The summed E-state index contributed by atoms with van der Waals surface area (Å²) in [7, 11) is 3.43. The average molecular weight is 426 g/mol. The molecule has 1 atom stereocenters. The van der Waals surface area contributed by atoms with E-state index in [0.29, 0.717) is 40.5 Å². The van der Waals surface area contributed by atoms with Gasteiger partial charge in [0.05, 0.1) is 18.6 Å². The van der Waals surface area contributed by atoms with Gasteiger partial charge in [0, 0.05) is 7.05 Å². The third-order valence-electron chi connectivity index (χ3n) is 4.63. The Bertz CT molecular complexity index is 1070. The second kappa shape index (κ2) is 8.66. The van der Waals surface area contributed by atoms with Gasteiger partial charge in [-0.25, -0.2) is 0 Å². The highest BCUT2D eigenvalue weighted by molar-refractivity contribution is 7.99. The van der Waals surface area contributed by atoms with Gasteiger partial charge in [-0.05, 0) is 36.8 Å². The number of amides is 1. The summed E-state index contributed by atoms with van der Waals surface area (Å²) in [6, 6.07) is 13.2. The third kappa shape index (κ3) is 4.20. The second-order valence-corrected chi connectivity index (χ2v) is 7.75. The summed E-state index contributed by atoms with van der Waals surface area (Å²) < 4.78 is 18.9. The van der Waals surface area contributed by atoms with Crippen LogP contribution < -0.4 is 19.5 Å². The molecule has 0 saturated carbocycles. The van der Waals surface area contributed by atoms with Gasteiger partial charge in [-0.15, -0.1) is 10.2 Å². The van der Waals surface area contributed by atoms with E-state index in [4.69, 9.17) is 14.2 Å². The van der Waals surface area contributed by atoms with Crippen LogP contribution in [0.5, 0.6) is 17.2 Å². The highest BCUT2D eigenvalue weighted by Crippen LogP contribution is 2.35. The summed E-state index contributed by atoms with van der Waals surface area (Å²) in [4.78, 5) is 12.4. The molecule has 1 N–H and O–H groups in total. The fourth-order valence-corrected chi connectivity index (χ4v) is 3.83. The zero-order valence-electron chi connectivity index (χ0n) is 16.9. The summed E-state index contributed by atoms with van der Waals surface area (Å²) in [6.07, 6.45) is -0.364. The number of rotatable bonds is 6. The van der Waals surface area contributed by atoms with Gasteiger partial charge in [0.2, 0.25) is 5.91 Å². The molecule has 3 aromatic rings. The minimum atomic E-state index is -0.364. The smallest absolute Gasteiger partial charge is 0.234 e. The second-order valence-electron chi connectivity index (χ2n) is 6.80. The van der Waals surface area contributed by atoms with E-state index in [1.807, 2.05) is 61.0 Å². The lowest BCUT2D eigenvalue weighted by atomic mass is 10.2. The summed E-state index contributed by atoms with van der Waals surface area (Å²) in [5.74, 6) is 2.70. The number of carbonyl (C=O) groups excluding carboxylic acids is 1. The summed E-state index contributed by atoms with van der Waals surface area (Å²) >= 11 is 1.30. The van der Waals surface area contributed by atoms with Gasteiger partial charge < -0.3 is 24.1 Å². The number of aryl methyl sites for hydroxylation is 1. The summed E-state index contributed by atoms with van der Waals surface area (Å²) in [6.45, 7) is 2.31. The van der Waals surface area contributed by atoms with Crippen molar-refractivity contribution in [2.75, 3.05) is 24.8 Å². The Morgan fingerprint density at radius 3 is 2.87 bits per heavy atom. The number of methoxy groups -OCH3 is 1. The van der Waals surface area contributed by atoms with Crippen LogP contribution in [0.1, 0.15) is 17.5 Å². The molecule has 0 aliphatic carbocycles. The quantitative estimate of drug-likeness (QED) is 0.605. The largest absolute Gasteiger partial charge is 0.495 e. The molecule has 156 valence electrons. The predicted molar refractivity (Wildman–Crippen MR) is 113 cm³/mol. The van der Waals surface area contributed by atoms with E-state index in [9.17, 15) is 4.79 Å². The summed E-state index contributed by atoms with van der Waals surface area (Å²) in [5, 5.41) is 12.0. The minimum Gasteiger partial charge on any atom is -0.495 e. The summed E-state index contributed by atoms with van der Waals surface area (Å²) in [5.41, 5.74) is 1.68. The van der Waals surface area contributed by atoms with Gasteiger partial charge in [-0.3, -0.25) is 4.79 Å². The van der Waals surface area contributed by atoms with Crippen LogP contribution in [0.3, 0.4) is 0 Å². The molecule has 0 spiro atoms. The molecule has 0 bridgehead atoms. The molecule has 30 heavy (non-hydrogen) atoms. The lowest BCUT2D eigenvalue weighted by Crippen LogP contribution is -2.24. The van der Waals surface area contributed by atoms with Gasteiger partial charge in [-0.2, -0.15) is 0 Å². The van der Waals surface area contributed by atoms with Crippen molar-refractivity contribution in [3.05, 3.63) is 53.9 Å². The number of anilines is 1. The SMILES string of the molecule is COc1ccc(C)cc1NC(=O)CSc1nnc(C2COc3ccccc3O2)n1C. The lowest BCUT2D eigenvalue weighted by molar-refractivity contribution is -0.113. The number of thioether (sulfide) groups is 1. The lowest BCUT2D eigenvalue weighted by Gasteiger charge is -2.25. The molecular weight excluding hydrogens is 404 g/mol. The normalized spacial score (nSPS) is 15.0. The van der Waals surface area contributed by atoms with E-state index in [1.54, 1.807) is 7.11 Å². The van der Waals surface area contributed by atoms with Crippen molar-refractivity contribution in [2.24, 2.45) is 7.05 Å². The number of fused-ring (bicyclic) bond motifs is 1. The van der Waals surface area contributed by atoms with Crippen LogP contribution >= 0.6 is 11.8 Å². The maximum atomic E-state index is 12.4. The van der Waals surface area contributed by atoms with Crippen molar-refractivity contribution < 1.29 is 19.0 Å². The Labute approximate surface area is 178 Å². The molecule has 1 unspecified atom stereocenters. The molecule has 2 aromatic carbocycles. The Morgan fingerprint density at radius 1 is 1.27 bits per heavy atom. The Morgan fingerprint density at radius 2 is 2.07 bits per heavy atom. The average Bonchev–Trinajstić information content (AvgIpc) is 3.12. The Kier molecular flexibility index (Phi) is 5.80. The molecule has 1 aliphatic rings. The fourth-order valence-electron chi connectivity index (χ4n) is 3.11. The zero-order chi connectivity index (χ0) is 21.1. The minimum absolute atomic E-state index is 0.153. The maximum absolute atomic E-state index is 12.4. The van der Waals surface area contributed by atoms with Crippen molar-refractivity contribution in [2.45, 2.75) is 18.2 Å². The number of benzene rings is 2. The first-order valence-corrected chi connectivity index (χ1v) is 10.4. The van der Waals surface area contributed by atoms with E-state index in [-0.39, 0.29) is 17.8 Å². The van der Waals surface area contributed by atoms with E-state index in [1.165, 1.54) is 11.8 Å². The number of nitrogens with one attached hydrogen (secondary N) is 1. The first kappa shape index (κ1) is 20.1. The molecule has 4 rings (SSSR count). The standard InChI is InChI=1S/C21H22N4O4S/c1-13-8-9-15(27-3)14(10-13)22-19(26)12-30-21-24-23-20(25(21)2)18-11-28-16-6-4-5-7-17(16)29-18/h4-10,18H,11-12H2,1-3H3,(H,22,26). The number of carbonyl (C=O) groups is 1. The van der Waals surface area contributed by atoms with Crippen molar-refractivity contribution in [1.82, 2.24) is 14.8 Å². The molecule has 0 saturated heterocycles. The van der Waals surface area contributed by atoms with Crippen LogP contribution in [0.15, 0.2) is 47.6 Å². The molecular formula is C21H22N4O4S. The number of ether oxygens (including phenoxy) is 3. The molecule has 0 fully saturated rings. The van der Waals surface area contributed by atoms with Crippen LogP contribution in [0, 0.1) is 6.92 Å². The van der Waals surface area contributed by atoms with Gasteiger partial charge in [0.25, 0.3) is 0 Å². The molecule has 8 nitrogen and oxygen atoms in total. The topological polar surface area (TPSA) is 87.5 Å². The number of para-hydroxylation sites is 2. The van der Waals surface area contributed by atoms with Crippen LogP contribution in [0.2, 0.25) is 0 Å². The zero-order valence-corrected chi connectivity index (χ0v) is 17.7. The first-order chi connectivity index (χ1) is 14.5. The Balaban J connectivity index is 1.39. The molecule has 1 amide bonds. The number of hydrogen-bond acceptors (Lipinski definition) is 7. The van der Waals surface area contributed by atoms with Crippen molar-refractivity contribution >= 4 is 23.4 Å². The van der Waals surface area contributed by atoms with E-state index in [0.717, 1.165) is 5.56 Å². The first-order valence-electron chi connectivity index (χ1n) is 9.40. The van der Waals surface area contributed by atoms with Gasteiger partial charge >= 0.3 is 0 Å². The van der Waals surface area contributed by atoms with Gasteiger partial charge in [0.1, 0.15) is 12.4 Å². The molecule has 1 aliphatic heterocycles. The fraction of sp³-hybridized carbons (Fsp3) is 0.286. The number of aromatic nitrogens is 3. The number of hydrogen-bond donors (Lipinski definition) is 1. The van der Waals surface area contributed by atoms with Crippen LogP contribution in [0.25, 0.3) is 0 Å². The molecule has 1 aromatic heterocycles. The van der Waals surface area contributed by atoms with Crippen molar-refractivity contribution in [1.29, 1.82) is 0 Å². The van der Waals surface area contributed by atoms with Gasteiger partial charge in [-0.1, -0.05) is 30.0 Å². The van der Waals surface area contributed by atoms with E-state index < -0.39 is 0 Å². The molecule has 0 radical (unpaired) electrons. The highest BCUT2D eigenvalue weighted by atomic mass is 32.2. The van der Waals surface area contributed by atoms with Crippen molar-refractivity contribution in [3.63, 3.8) is 0 Å². The number of nitrogens with zero attached hydrogens (tertiary/aromatic N) is 3. The monoisotopic (exact) mass is 426 g/mol.